The van der Waals surface area contributed by atoms with Crippen LogP contribution < -0.4 is 9.67 Å². The SMILES string of the molecule is CC(=O)Nc1cc(O)ccc1[As](=O)(O)OC(=O)c1ccncc1. The van der Waals surface area contributed by atoms with Gasteiger partial charge in [0.15, 0.2) is 0 Å². The van der Waals surface area contributed by atoms with E-state index in [9.17, 15) is 22.5 Å². The standard InChI is InChI=1S/C14H13AsN2O6/c1-9(18)17-13-8-11(19)2-3-12(13)15(21,22)23-14(20)10-4-6-16-7-5-10/h2-8,19H,1H3,(H,17,18)(H,21,22). The summed E-state index contributed by atoms with van der Waals surface area (Å²) in [6.45, 7) is 1.20. The zero-order valence-corrected chi connectivity index (χ0v) is 13.8. The van der Waals surface area contributed by atoms with Crippen molar-refractivity contribution in [1.29, 1.82) is 0 Å². The molecule has 0 bridgehead atoms. The van der Waals surface area contributed by atoms with Gasteiger partial charge < -0.3 is 0 Å². The van der Waals surface area contributed by atoms with Crippen molar-refractivity contribution in [3.63, 3.8) is 0 Å². The molecule has 1 unspecified atom stereocenters. The van der Waals surface area contributed by atoms with Crippen LogP contribution in [-0.4, -0.2) is 40.2 Å². The maximum atomic E-state index is 12.4. The number of nitrogens with zero attached hydrogens (tertiary/aromatic N) is 1. The van der Waals surface area contributed by atoms with E-state index < -0.39 is 26.0 Å². The molecular formula is C14H13AsN2O6. The van der Waals surface area contributed by atoms with Crippen molar-refractivity contribution in [2.45, 2.75) is 6.92 Å². The first kappa shape index (κ1) is 16.8. The Morgan fingerprint density at radius 2 is 1.87 bits per heavy atom. The van der Waals surface area contributed by atoms with Crippen LogP contribution in [0.15, 0.2) is 42.7 Å². The minimum atomic E-state index is -5.30. The molecule has 2 rings (SSSR count). The molecule has 1 aromatic carbocycles. The van der Waals surface area contributed by atoms with Crippen LogP contribution >= 0.6 is 0 Å². The molecule has 0 aliphatic rings. The number of pyridine rings is 1. The molecule has 120 valence electrons. The van der Waals surface area contributed by atoms with Gasteiger partial charge in [0.1, 0.15) is 0 Å². The Bertz CT molecular complexity index is 793. The normalized spacial score (nSPS) is 13.0. The number of carbonyl (C=O) groups excluding carboxylic acids is 2. The Kier molecular flexibility index (Phi) is 4.88. The molecule has 0 saturated heterocycles. The number of anilines is 1. The van der Waals surface area contributed by atoms with Crippen LogP contribution in [0.4, 0.5) is 5.69 Å². The summed E-state index contributed by atoms with van der Waals surface area (Å²) in [5, 5.41) is 11.8. The number of hydrogen-bond donors (Lipinski definition) is 3. The molecule has 0 radical (unpaired) electrons. The van der Waals surface area contributed by atoms with E-state index in [0.29, 0.717) is 0 Å². The third-order valence-corrected chi connectivity index (χ3v) is 5.68. The summed E-state index contributed by atoms with van der Waals surface area (Å²) in [6, 6.07) is 6.06. The number of aromatic nitrogens is 1. The first-order valence-corrected chi connectivity index (χ1v) is 9.68. The third kappa shape index (κ3) is 4.21. The number of benzene rings is 1. The average Bonchev–Trinajstić information content (AvgIpc) is 2.46. The van der Waals surface area contributed by atoms with E-state index in [1.165, 1.54) is 31.5 Å². The van der Waals surface area contributed by atoms with E-state index >= 15 is 0 Å². The minimum absolute atomic E-state index is 0.0653. The van der Waals surface area contributed by atoms with Gasteiger partial charge in [-0.05, 0) is 0 Å². The van der Waals surface area contributed by atoms with Crippen LogP contribution in [0.1, 0.15) is 17.3 Å². The number of phenols is 1. The molecule has 0 aliphatic heterocycles. The topological polar surface area (TPSA) is 126 Å². The average molecular weight is 380 g/mol. The van der Waals surface area contributed by atoms with Gasteiger partial charge in [-0.3, -0.25) is 0 Å². The number of carbonyl (C=O) groups is 2. The summed E-state index contributed by atoms with van der Waals surface area (Å²) < 4.78 is 27.1. The fraction of sp³-hybridized carbons (Fsp3) is 0.0714. The van der Waals surface area contributed by atoms with Gasteiger partial charge in [0.05, 0.1) is 0 Å². The van der Waals surface area contributed by atoms with Crippen LogP contribution in [0.25, 0.3) is 0 Å². The molecular weight excluding hydrogens is 367 g/mol. The second-order valence-corrected chi connectivity index (χ2v) is 8.10. The second-order valence-electron chi connectivity index (χ2n) is 4.52. The number of nitrogens with one attached hydrogen (secondary N) is 1. The van der Waals surface area contributed by atoms with Crippen molar-refractivity contribution < 1.29 is 26.3 Å². The Morgan fingerprint density at radius 3 is 2.48 bits per heavy atom. The molecule has 9 heteroatoms. The summed E-state index contributed by atoms with van der Waals surface area (Å²) in [7, 11) is 0. The van der Waals surface area contributed by atoms with E-state index in [-0.39, 0.29) is 21.4 Å². The molecule has 0 spiro atoms. The van der Waals surface area contributed by atoms with Crippen LogP contribution in [0.5, 0.6) is 5.75 Å². The predicted octanol–water partition coefficient (Wildman–Crippen LogP) is 0.171. The van der Waals surface area contributed by atoms with Crippen molar-refractivity contribution >= 4 is 36.1 Å². The van der Waals surface area contributed by atoms with Gasteiger partial charge in [0, 0.05) is 0 Å². The van der Waals surface area contributed by atoms with Crippen LogP contribution in [-0.2, 0) is 12.3 Å². The molecule has 0 saturated carbocycles. The van der Waals surface area contributed by atoms with Crippen molar-refractivity contribution in [1.82, 2.24) is 4.98 Å². The third-order valence-electron chi connectivity index (χ3n) is 2.72. The summed E-state index contributed by atoms with van der Waals surface area (Å²) in [6.07, 6.45) is 2.68. The second kappa shape index (κ2) is 6.68. The number of amides is 1. The van der Waals surface area contributed by atoms with Gasteiger partial charge in [0.25, 0.3) is 0 Å². The van der Waals surface area contributed by atoms with Crippen LogP contribution in [0.3, 0.4) is 0 Å². The van der Waals surface area contributed by atoms with Crippen molar-refractivity contribution in [2.75, 3.05) is 5.32 Å². The summed E-state index contributed by atoms with van der Waals surface area (Å²) in [5.41, 5.74) is -0.0273. The Hall–Kier alpha value is -2.57. The maximum absolute atomic E-state index is 12.4. The molecule has 8 nitrogen and oxygen atoms in total. The molecule has 0 fully saturated rings. The molecule has 0 aliphatic carbocycles. The molecule has 1 aromatic heterocycles. The fourth-order valence-corrected chi connectivity index (χ4v) is 4.10. The quantitative estimate of drug-likeness (QED) is 0.646. The molecule has 2 aromatic rings. The van der Waals surface area contributed by atoms with E-state index in [4.69, 9.17) is 3.73 Å². The summed E-state index contributed by atoms with van der Waals surface area (Å²) in [4.78, 5) is 26.8. The Balaban J connectivity index is 2.34. The van der Waals surface area contributed by atoms with E-state index in [1.54, 1.807) is 0 Å². The fourth-order valence-electron chi connectivity index (χ4n) is 1.76. The van der Waals surface area contributed by atoms with Crippen LogP contribution in [0, 0.1) is 0 Å². The molecule has 1 amide bonds. The summed E-state index contributed by atoms with van der Waals surface area (Å²) in [5.74, 6) is -1.71. The Labute approximate surface area is 134 Å². The van der Waals surface area contributed by atoms with Gasteiger partial charge in [-0.15, -0.1) is 0 Å². The number of aromatic hydroxyl groups is 1. The van der Waals surface area contributed by atoms with Gasteiger partial charge in [-0.25, -0.2) is 0 Å². The summed E-state index contributed by atoms with van der Waals surface area (Å²) >= 11 is -5.30. The molecule has 1 heterocycles. The van der Waals surface area contributed by atoms with E-state index in [2.05, 4.69) is 10.3 Å². The van der Waals surface area contributed by atoms with Gasteiger partial charge in [0.2, 0.25) is 0 Å². The van der Waals surface area contributed by atoms with Crippen molar-refractivity contribution in [3.05, 3.63) is 48.3 Å². The van der Waals surface area contributed by atoms with Crippen molar-refractivity contribution in [2.24, 2.45) is 0 Å². The van der Waals surface area contributed by atoms with Gasteiger partial charge in [-0.2, -0.15) is 0 Å². The number of hydrogen-bond acceptors (Lipinski definition) is 6. The monoisotopic (exact) mass is 380 g/mol. The Morgan fingerprint density at radius 1 is 1.22 bits per heavy atom. The predicted molar refractivity (Wildman–Crippen MR) is 80.4 cm³/mol. The van der Waals surface area contributed by atoms with Gasteiger partial charge in [-0.1, -0.05) is 0 Å². The van der Waals surface area contributed by atoms with Gasteiger partial charge >= 0.3 is 134 Å². The first-order valence-electron chi connectivity index (χ1n) is 6.37. The molecule has 23 heavy (non-hydrogen) atoms. The van der Waals surface area contributed by atoms with E-state index in [0.717, 1.165) is 18.2 Å². The van der Waals surface area contributed by atoms with Crippen molar-refractivity contribution in [3.8, 4) is 5.75 Å². The molecule has 3 N–H and O–H groups in total. The number of rotatable bonds is 4. The number of phenolic OH excluding ortho intramolecular Hbond substituents is 1. The zero-order valence-electron chi connectivity index (χ0n) is 12.0. The van der Waals surface area contributed by atoms with Crippen LogP contribution in [0.2, 0.25) is 0 Å². The first-order chi connectivity index (χ1) is 10.8. The van der Waals surface area contributed by atoms with E-state index in [1.807, 2.05) is 0 Å². The molecule has 1 atom stereocenters. The zero-order chi connectivity index (χ0) is 17.0.